The first kappa shape index (κ1) is 17.4. The molecule has 0 radical (unpaired) electrons. The van der Waals surface area contributed by atoms with Crippen molar-refractivity contribution in [3.05, 3.63) is 53.1 Å². The minimum Gasteiger partial charge on any atom is -0.322 e. The number of anilines is 2. The van der Waals surface area contributed by atoms with Gasteiger partial charge in [0.25, 0.3) is 5.91 Å². The Hall–Kier alpha value is -2.44. The maximum Gasteiger partial charge on any atom is 0.255 e. The second-order valence-corrected chi connectivity index (χ2v) is 6.95. The van der Waals surface area contributed by atoms with E-state index < -0.39 is 0 Å². The number of hydrogen-bond acceptors (Lipinski definition) is 5. The number of hydrogen-bond donors (Lipinski definition) is 2. The van der Waals surface area contributed by atoms with Crippen LogP contribution in [0.2, 0.25) is 5.02 Å². The van der Waals surface area contributed by atoms with Crippen LogP contribution in [0.3, 0.4) is 0 Å². The topological polar surface area (TPSA) is 66.4 Å². The van der Waals surface area contributed by atoms with Crippen LogP contribution in [0.15, 0.2) is 47.6 Å². The van der Waals surface area contributed by atoms with E-state index in [1.54, 1.807) is 24.3 Å². The predicted octanol–water partition coefficient (Wildman–Crippen LogP) is 5.40. The summed E-state index contributed by atoms with van der Waals surface area (Å²) in [5, 5.41) is 8.39. The summed E-state index contributed by atoms with van der Waals surface area (Å²) in [6.07, 6.45) is 0.886. The molecule has 5 nitrogen and oxygen atoms in total. The van der Waals surface area contributed by atoms with Gasteiger partial charge in [0.2, 0.25) is 5.13 Å². The first-order valence-electron chi connectivity index (χ1n) is 7.82. The molecule has 0 aliphatic heterocycles. The molecule has 0 aliphatic carbocycles. The Morgan fingerprint density at radius 2 is 2.12 bits per heavy atom. The molecule has 1 aromatic heterocycles. The van der Waals surface area contributed by atoms with Crippen molar-refractivity contribution in [3.8, 4) is 0 Å². The summed E-state index contributed by atoms with van der Waals surface area (Å²) >= 11 is 7.42. The fourth-order valence-corrected chi connectivity index (χ4v) is 3.14. The molecule has 2 N–H and O–H groups in total. The number of nitrogens with zero attached hydrogens (tertiary/aromatic N) is 2. The summed E-state index contributed by atoms with van der Waals surface area (Å²) in [6, 6.07) is 12.5. The molecular formula is C18H17ClN4OS. The van der Waals surface area contributed by atoms with Crippen LogP contribution in [0.4, 0.5) is 10.8 Å². The van der Waals surface area contributed by atoms with Gasteiger partial charge in [-0.1, -0.05) is 35.9 Å². The van der Waals surface area contributed by atoms with Crippen molar-refractivity contribution in [1.82, 2.24) is 4.98 Å². The first-order valence-corrected chi connectivity index (χ1v) is 9.01. The smallest absolute Gasteiger partial charge is 0.255 e. The third-order valence-electron chi connectivity index (χ3n) is 3.59. The average molecular weight is 373 g/mol. The highest BCUT2D eigenvalue weighted by atomic mass is 35.5. The Balaban J connectivity index is 1.78. The zero-order chi connectivity index (χ0) is 17.8. The van der Waals surface area contributed by atoms with E-state index in [4.69, 9.17) is 11.6 Å². The normalized spacial score (nSPS) is 11.6. The highest BCUT2D eigenvalue weighted by Crippen LogP contribution is 2.28. The highest BCUT2D eigenvalue weighted by molar-refractivity contribution is 7.22. The molecular weight excluding hydrogens is 356 g/mol. The lowest BCUT2D eigenvalue weighted by Crippen LogP contribution is -2.11. The first-order chi connectivity index (χ1) is 12.0. The second-order valence-electron chi connectivity index (χ2n) is 5.48. The number of aromatic nitrogens is 1. The number of nitrogens with one attached hydrogen (secondary N) is 2. The number of rotatable bonds is 5. The van der Waals surface area contributed by atoms with Crippen LogP contribution in [-0.4, -0.2) is 16.6 Å². The molecule has 0 atom stereocenters. The standard InChI is InChI=1S/C18H17ClN4OS/c1-3-11(2)22-23-18-21-15-8-7-14(10-16(15)25-18)20-17(24)12-5-4-6-13(19)9-12/h4-10H,3H2,1-2H3,(H,20,24)(H,21,23)/b22-11+. The number of halogens is 1. The van der Waals surface area contributed by atoms with E-state index in [1.807, 2.05) is 32.0 Å². The molecule has 1 heterocycles. The lowest BCUT2D eigenvalue weighted by atomic mass is 10.2. The van der Waals surface area contributed by atoms with Gasteiger partial charge in [0.15, 0.2) is 0 Å². The van der Waals surface area contributed by atoms with Crippen molar-refractivity contribution in [1.29, 1.82) is 0 Å². The summed E-state index contributed by atoms with van der Waals surface area (Å²) in [4.78, 5) is 16.8. The van der Waals surface area contributed by atoms with Crippen LogP contribution in [0.1, 0.15) is 30.6 Å². The van der Waals surface area contributed by atoms with Gasteiger partial charge in [-0.3, -0.25) is 10.2 Å². The number of carbonyl (C=O) groups is 1. The SMILES string of the molecule is CC/C(C)=N/Nc1nc2ccc(NC(=O)c3cccc(Cl)c3)cc2s1. The van der Waals surface area contributed by atoms with E-state index in [2.05, 4.69) is 20.8 Å². The Bertz CT molecular complexity index is 951. The van der Waals surface area contributed by atoms with Crippen molar-refractivity contribution in [2.75, 3.05) is 10.7 Å². The second kappa shape index (κ2) is 7.63. The molecule has 0 aliphatic rings. The fraction of sp³-hybridized carbons (Fsp3) is 0.167. The van der Waals surface area contributed by atoms with Gasteiger partial charge in [-0.2, -0.15) is 5.10 Å². The van der Waals surface area contributed by atoms with Gasteiger partial charge in [-0.05, 0) is 49.7 Å². The van der Waals surface area contributed by atoms with Gasteiger partial charge in [0, 0.05) is 22.0 Å². The molecule has 2 aromatic carbocycles. The van der Waals surface area contributed by atoms with E-state index in [-0.39, 0.29) is 5.91 Å². The number of carbonyl (C=O) groups excluding carboxylic acids is 1. The maximum atomic E-state index is 12.3. The van der Waals surface area contributed by atoms with E-state index in [0.29, 0.717) is 16.3 Å². The summed E-state index contributed by atoms with van der Waals surface area (Å²) in [5.41, 5.74) is 6.06. The monoisotopic (exact) mass is 372 g/mol. The molecule has 0 saturated heterocycles. The van der Waals surface area contributed by atoms with Crippen LogP contribution in [-0.2, 0) is 0 Å². The van der Waals surface area contributed by atoms with Crippen LogP contribution < -0.4 is 10.7 Å². The van der Waals surface area contributed by atoms with Gasteiger partial charge in [-0.15, -0.1) is 0 Å². The Morgan fingerprint density at radius 3 is 2.88 bits per heavy atom. The van der Waals surface area contributed by atoms with Crippen molar-refractivity contribution in [3.63, 3.8) is 0 Å². The summed E-state index contributed by atoms with van der Waals surface area (Å²) in [6.45, 7) is 4.01. The number of amides is 1. The van der Waals surface area contributed by atoms with E-state index in [1.165, 1.54) is 11.3 Å². The molecule has 0 saturated carbocycles. The Morgan fingerprint density at radius 1 is 1.28 bits per heavy atom. The molecule has 128 valence electrons. The Kier molecular flexibility index (Phi) is 5.31. The van der Waals surface area contributed by atoms with Crippen molar-refractivity contribution >= 4 is 55.6 Å². The third kappa shape index (κ3) is 4.35. The molecule has 0 spiro atoms. The predicted molar refractivity (Wildman–Crippen MR) is 106 cm³/mol. The van der Waals surface area contributed by atoms with E-state index in [0.717, 1.165) is 27.5 Å². The zero-order valence-electron chi connectivity index (χ0n) is 13.8. The zero-order valence-corrected chi connectivity index (χ0v) is 15.4. The number of benzene rings is 2. The van der Waals surface area contributed by atoms with Gasteiger partial charge < -0.3 is 5.32 Å². The lowest BCUT2D eigenvalue weighted by Gasteiger charge is -2.05. The minimum atomic E-state index is -0.201. The van der Waals surface area contributed by atoms with Gasteiger partial charge >= 0.3 is 0 Å². The molecule has 3 rings (SSSR count). The van der Waals surface area contributed by atoms with Crippen molar-refractivity contribution in [2.24, 2.45) is 5.10 Å². The quantitative estimate of drug-likeness (QED) is 0.465. The van der Waals surface area contributed by atoms with Gasteiger partial charge in [-0.25, -0.2) is 4.98 Å². The minimum absolute atomic E-state index is 0.201. The number of fused-ring (bicyclic) bond motifs is 1. The summed E-state index contributed by atoms with van der Waals surface area (Å²) < 4.78 is 0.968. The largest absolute Gasteiger partial charge is 0.322 e. The maximum absolute atomic E-state index is 12.3. The number of thiazole rings is 1. The third-order valence-corrected chi connectivity index (χ3v) is 4.75. The Labute approximate surface area is 154 Å². The molecule has 0 fully saturated rings. The van der Waals surface area contributed by atoms with E-state index in [9.17, 15) is 4.79 Å². The molecule has 0 bridgehead atoms. The number of hydrazone groups is 1. The van der Waals surface area contributed by atoms with Crippen LogP contribution in [0, 0.1) is 0 Å². The van der Waals surface area contributed by atoms with Gasteiger partial charge in [0.1, 0.15) is 0 Å². The lowest BCUT2D eigenvalue weighted by molar-refractivity contribution is 0.102. The van der Waals surface area contributed by atoms with Crippen molar-refractivity contribution < 1.29 is 4.79 Å². The molecule has 7 heteroatoms. The molecule has 3 aromatic rings. The van der Waals surface area contributed by atoms with Crippen molar-refractivity contribution in [2.45, 2.75) is 20.3 Å². The fourth-order valence-electron chi connectivity index (χ4n) is 2.11. The van der Waals surface area contributed by atoms with Gasteiger partial charge in [0.05, 0.1) is 10.2 Å². The van der Waals surface area contributed by atoms with Crippen LogP contribution >= 0.6 is 22.9 Å². The molecule has 25 heavy (non-hydrogen) atoms. The van der Waals surface area contributed by atoms with Crippen LogP contribution in [0.25, 0.3) is 10.2 Å². The average Bonchev–Trinajstić information content (AvgIpc) is 3.01. The summed E-state index contributed by atoms with van der Waals surface area (Å²) in [5.74, 6) is -0.201. The summed E-state index contributed by atoms with van der Waals surface area (Å²) in [7, 11) is 0. The molecule has 1 amide bonds. The highest BCUT2D eigenvalue weighted by Gasteiger charge is 2.09. The van der Waals surface area contributed by atoms with Crippen LogP contribution in [0.5, 0.6) is 0 Å². The molecule has 0 unspecified atom stereocenters. The van der Waals surface area contributed by atoms with E-state index >= 15 is 0 Å².